The summed E-state index contributed by atoms with van der Waals surface area (Å²) in [6, 6.07) is 10.8. The first-order chi connectivity index (χ1) is 10.7. The van der Waals surface area contributed by atoms with Gasteiger partial charge in [-0.1, -0.05) is 12.1 Å². The van der Waals surface area contributed by atoms with Crippen molar-refractivity contribution < 1.29 is 9.53 Å². The maximum Gasteiger partial charge on any atom is 0.169 e. The van der Waals surface area contributed by atoms with Crippen LogP contribution < -0.4 is 4.74 Å². The van der Waals surface area contributed by atoms with Crippen LogP contribution in [-0.2, 0) is 6.54 Å². The van der Waals surface area contributed by atoms with Crippen LogP contribution in [0.2, 0.25) is 0 Å². The number of likely N-dealkylation sites (tertiary alicyclic amines) is 1. The van der Waals surface area contributed by atoms with Gasteiger partial charge in [-0.15, -0.1) is 11.3 Å². The largest absolute Gasteiger partial charge is 0.497 e. The Kier molecular flexibility index (Phi) is 4.60. The van der Waals surface area contributed by atoms with E-state index in [1.807, 2.05) is 12.1 Å². The van der Waals surface area contributed by atoms with Gasteiger partial charge in [-0.2, -0.15) is 0 Å². The van der Waals surface area contributed by atoms with E-state index in [1.54, 1.807) is 25.4 Å². The van der Waals surface area contributed by atoms with Crippen LogP contribution in [0.3, 0.4) is 0 Å². The minimum Gasteiger partial charge on any atom is -0.497 e. The molecule has 4 heteroatoms. The van der Waals surface area contributed by atoms with Crippen LogP contribution in [0.15, 0.2) is 35.7 Å². The van der Waals surface area contributed by atoms with E-state index in [9.17, 15) is 4.79 Å². The minimum absolute atomic E-state index is 0.155. The van der Waals surface area contributed by atoms with E-state index in [2.05, 4.69) is 28.5 Å². The Bertz CT molecular complexity index is 665. The van der Waals surface area contributed by atoms with Crippen molar-refractivity contribution in [3.63, 3.8) is 0 Å². The molecule has 1 saturated heterocycles. The zero-order valence-corrected chi connectivity index (χ0v) is 13.9. The second kappa shape index (κ2) is 6.63. The predicted molar refractivity (Wildman–Crippen MR) is 89.7 cm³/mol. The molecule has 22 heavy (non-hydrogen) atoms. The van der Waals surface area contributed by atoms with Crippen molar-refractivity contribution in [1.82, 2.24) is 4.90 Å². The molecule has 116 valence electrons. The lowest BCUT2D eigenvalue weighted by atomic mass is 10.0. The molecule has 0 amide bonds. The minimum atomic E-state index is 0.155. The van der Waals surface area contributed by atoms with Gasteiger partial charge in [-0.25, -0.2) is 0 Å². The molecular weight excluding hydrogens is 294 g/mol. The average molecular weight is 315 g/mol. The SMILES string of the molecule is COc1cccc([C@@H]2CCCN2Cc2csc(C(C)=O)c2)c1. The van der Waals surface area contributed by atoms with Crippen LogP contribution in [-0.4, -0.2) is 24.3 Å². The van der Waals surface area contributed by atoms with Gasteiger partial charge in [0.1, 0.15) is 5.75 Å². The lowest BCUT2D eigenvalue weighted by molar-refractivity contribution is 0.102. The number of hydrogen-bond acceptors (Lipinski definition) is 4. The molecule has 0 aliphatic carbocycles. The first-order valence-corrected chi connectivity index (χ1v) is 8.51. The number of benzene rings is 1. The molecule has 0 radical (unpaired) electrons. The van der Waals surface area contributed by atoms with Gasteiger partial charge in [0.05, 0.1) is 12.0 Å². The number of carbonyl (C=O) groups excluding carboxylic acids is 1. The highest BCUT2D eigenvalue weighted by Gasteiger charge is 2.26. The highest BCUT2D eigenvalue weighted by molar-refractivity contribution is 7.12. The van der Waals surface area contributed by atoms with Crippen molar-refractivity contribution in [2.75, 3.05) is 13.7 Å². The summed E-state index contributed by atoms with van der Waals surface area (Å²) in [7, 11) is 1.71. The Labute approximate surface area is 135 Å². The Morgan fingerprint density at radius 3 is 3.00 bits per heavy atom. The predicted octanol–water partition coefficient (Wildman–Crippen LogP) is 4.30. The van der Waals surface area contributed by atoms with Gasteiger partial charge in [0.25, 0.3) is 0 Å². The van der Waals surface area contributed by atoms with Crippen molar-refractivity contribution in [1.29, 1.82) is 0 Å². The molecule has 1 aliphatic heterocycles. The van der Waals surface area contributed by atoms with Crippen molar-refractivity contribution in [3.8, 4) is 5.75 Å². The quantitative estimate of drug-likeness (QED) is 0.771. The summed E-state index contributed by atoms with van der Waals surface area (Å²) < 4.78 is 5.34. The average Bonchev–Trinajstić information content (AvgIpc) is 3.17. The Balaban J connectivity index is 1.76. The van der Waals surface area contributed by atoms with Gasteiger partial charge in [0.2, 0.25) is 0 Å². The second-order valence-corrected chi connectivity index (χ2v) is 6.69. The van der Waals surface area contributed by atoms with E-state index in [1.165, 1.54) is 24.0 Å². The van der Waals surface area contributed by atoms with Gasteiger partial charge in [0.15, 0.2) is 5.78 Å². The molecule has 0 spiro atoms. The molecule has 1 aliphatic rings. The molecule has 0 N–H and O–H groups in total. The van der Waals surface area contributed by atoms with Crippen LogP contribution in [0.4, 0.5) is 0 Å². The van der Waals surface area contributed by atoms with Crippen LogP contribution in [0.5, 0.6) is 5.75 Å². The van der Waals surface area contributed by atoms with Gasteiger partial charge in [-0.05, 0) is 61.0 Å². The standard InChI is InChI=1S/C18H21NO2S/c1-13(20)18-9-14(12-22-18)11-19-8-4-7-17(19)15-5-3-6-16(10-15)21-2/h3,5-6,9-10,12,17H,4,7-8,11H2,1-2H3/t17-/m0/s1. The summed E-state index contributed by atoms with van der Waals surface area (Å²) in [6.07, 6.45) is 2.39. The fourth-order valence-electron chi connectivity index (χ4n) is 3.12. The summed E-state index contributed by atoms with van der Waals surface area (Å²) in [5.74, 6) is 1.07. The van der Waals surface area contributed by atoms with Gasteiger partial charge in [-0.3, -0.25) is 9.69 Å². The molecule has 1 atom stereocenters. The van der Waals surface area contributed by atoms with E-state index in [4.69, 9.17) is 4.74 Å². The number of ether oxygens (including phenoxy) is 1. The molecule has 3 rings (SSSR count). The number of nitrogens with zero attached hydrogens (tertiary/aromatic N) is 1. The number of methoxy groups -OCH3 is 1. The number of carbonyl (C=O) groups is 1. The molecule has 0 unspecified atom stereocenters. The number of Topliss-reactive ketones (excluding diaryl/α,β-unsaturated/α-hetero) is 1. The van der Waals surface area contributed by atoms with Gasteiger partial charge < -0.3 is 4.74 Å². The van der Waals surface area contributed by atoms with Gasteiger partial charge >= 0.3 is 0 Å². The van der Waals surface area contributed by atoms with Crippen LogP contribution in [0.1, 0.15) is 46.6 Å². The number of rotatable bonds is 5. The third kappa shape index (κ3) is 3.23. The number of ketones is 1. The number of hydrogen-bond donors (Lipinski definition) is 0. The van der Waals surface area contributed by atoms with E-state index >= 15 is 0 Å². The topological polar surface area (TPSA) is 29.5 Å². The summed E-state index contributed by atoms with van der Waals surface area (Å²) in [5, 5.41) is 2.11. The van der Waals surface area contributed by atoms with E-state index in [-0.39, 0.29) is 5.78 Å². The summed E-state index contributed by atoms with van der Waals surface area (Å²) in [4.78, 5) is 14.8. The molecule has 2 heterocycles. The van der Waals surface area contributed by atoms with Gasteiger partial charge in [0, 0.05) is 12.6 Å². The Morgan fingerprint density at radius 2 is 2.27 bits per heavy atom. The first kappa shape index (κ1) is 15.3. The normalized spacial score (nSPS) is 18.5. The lowest BCUT2D eigenvalue weighted by Crippen LogP contribution is -2.22. The molecule has 1 aromatic heterocycles. The molecule has 0 saturated carbocycles. The van der Waals surface area contributed by atoms with E-state index in [0.717, 1.165) is 23.7 Å². The third-order valence-corrected chi connectivity index (χ3v) is 5.31. The molecule has 1 aromatic carbocycles. The third-order valence-electron chi connectivity index (χ3n) is 4.23. The maximum atomic E-state index is 11.4. The maximum absolute atomic E-state index is 11.4. The van der Waals surface area contributed by atoms with E-state index < -0.39 is 0 Å². The zero-order valence-electron chi connectivity index (χ0n) is 13.0. The monoisotopic (exact) mass is 315 g/mol. The number of thiophene rings is 1. The Morgan fingerprint density at radius 1 is 1.41 bits per heavy atom. The highest BCUT2D eigenvalue weighted by atomic mass is 32.1. The Hall–Kier alpha value is -1.65. The second-order valence-electron chi connectivity index (χ2n) is 5.78. The molecule has 1 fully saturated rings. The van der Waals surface area contributed by atoms with Crippen LogP contribution in [0.25, 0.3) is 0 Å². The zero-order chi connectivity index (χ0) is 15.5. The van der Waals surface area contributed by atoms with Crippen molar-refractivity contribution >= 4 is 17.1 Å². The van der Waals surface area contributed by atoms with Crippen LogP contribution >= 0.6 is 11.3 Å². The van der Waals surface area contributed by atoms with Crippen LogP contribution in [0, 0.1) is 0 Å². The summed E-state index contributed by atoms with van der Waals surface area (Å²) in [5.41, 5.74) is 2.56. The lowest BCUT2D eigenvalue weighted by Gasteiger charge is -2.24. The van der Waals surface area contributed by atoms with Crippen molar-refractivity contribution in [3.05, 3.63) is 51.7 Å². The van der Waals surface area contributed by atoms with Crippen molar-refractivity contribution in [2.45, 2.75) is 32.4 Å². The smallest absolute Gasteiger partial charge is 0.169 e. The van der Waals surface area contributed by atoms with Crippen molar-refractivity contribution in [2.24, 2.45) is 0 Å². The molecule has 2 aromatic rings. The highest BCUT2D eigenvalue weighted by Crippen LogP contribution is 2.35. The first-order valence-electron chi connectivity index (χ1n) is 7.63. The fraction of sp³-hybridized carbons (Fsp3) is 0.389. The molecule has 3 nitrogen and oxygen atoms in total. The van der Waals surface area contributed by atoms with E-state index in [0.29, 0.717) is 6.04 Å². The molecule has 0 bridgehead atoms. The molecular formula is C18H21NO2S. The fourth-order valence-corrected chi connectivity index (χ4v) is 3.93. The summed E-state index contributed by atoms with van der Waals surface area (Å²) >= 11 is 1.55. The summed E-state index contributed by atoms with van der Waals surface area (Å²) in [6.45, 7) is 3.64.